The molecule has 1 atom stereocenters. The van der Waals surface area contributed by atoms with Crippen molar-refractivity contribution in [3.8, 4) is 5.75 Å². The lowest BCUT2D eigenvalue weighted by molar-refractivity contribution is 0.241. The maximum absolute atomic E-state index is 9.11. The number of hydrogen-bond donors (Lipinski definition) is 2. The average Bonchev–Trinajstić information content (AvgIpc) is 2.53. The summed E-state index contributed by atoms with van der Waals surface area (Å²) in [7, 11) is 2.02. The van der Waals surface area contributed by atoms with Gasteiger partial charge in [-0.2, -0.15) is 0 Å². The highest BCUT2D eigenvalue weighted by Gasteiger charge is 2.08. The Morgan fingerprint density at radius 1 is 1.30 bits per heavy atom. The topological polar surface area (TPSA) is 57.1 Å². The van der Waals surface area contributed by atoms with Gasteiger partial charge < -0.3 is 20.1 Å². The van der Waals surface area contributed by atoms with Crippen LogP contribution >= 0.6 is 24.0 Å². The molecule has 0 amide bonds. The highest BCUT2D eigenvalue weighted by atomic mass is 127. The summed E-state index contributed by atoms with van der Waals surface area (Å²) >= 11 is 0. The van der Waals surface area contributed by atoms with Crippen LogP contribution in [-0.2, 0) is 6.54 Å². The summed E-state index contributed by atoms with van der Waals surface area (Å²) in [5, 5.41) is 12.4. The van der Waals surface area contributed by atoms with Crippen molar-refractivity contribution in [1.82, 2.24) is 10.2 Å². The second-order valence-corrected chi connectivity index (χ2v) is 5.42. The van der Waals surface area contributed by atoms with E-state index in [1.54, 1.807) is 0 Å². The highest BCUT2D eigenvalue weighted by Crippen LogP contribution is 2.13. The first-order valence-corrected chi connectivity index (χ1v) is 7.92. The highest BCUT2D eigenvalue weighted by molar-refractivity contribution is 14.0. The van der Waals surface area contributed by atoms with E-state index >= 15 is 0 Å². The van der Waals surface area contributed by atoms with Gasteiger partial charge in [-0.05, 0) is 37.5 Å². The molecule has 5 nitrogen and oxygen atoms in total. The zero-order valence-electron chi connectivity index (χ0n) is 14.6. The van der Waals surface area contributed by atoms with Crippen molar-refractivity contribution in [1.29, 1.82) is 0 Å². The zero-order chi connectivity index (χ0) is 16.4. The van der Waals surface area contributed by atoms with Gasteiger partial charge in [-0.25, -0.2) is 0 Å². The van der Waals surface area contributed by atoms with Gasteiger partial charge in [0.05, 0.1) is 6.61 Å². The number of aliphatic imine (C=N–C) groups is 1. The molecule has 132 valence electrons. The van der Waals surface area contributed by atoms with Gasteiger partial charge in [0, 0.05) is 33.3 Å². The number of nitrogens with one attached hydrogen (secondary N) is 1. The van der Waals surface area contributed by atoms with Gasteiger partial charge >= 0.3 is 0 Å². The van der Waals surface area contributed by atoms with E-state index in [2.05, 4.69) is 34.3 Å². The molecule has 1 aromatic rings. The fourth-order valence-corrected chi connectivity index (χ4v) is 1.98. The summed E-state index contributed by atoms with van der Waals surface area (Å²) in [4.78, 5) is 6.66. The van der Waals surface area contributed by atoms with Crippen molar-refractivity contribution in [2.45, 2.75) is 27.3 Å². The molecule has 0 aromatic heterocycles. The summed E-state index contributed by atoms with van der Waals surface area (Å²) in [5.74, 6) is 1.93. The maximum atomic E-state index is 9.11. The largest absolute Gasteiger partial charge is 0.494 e. The minimum Gasteiger partial charge on any atom is -0.494 e. The number of guanidine groups is 1. The van der Waals surface area contributed by atoms with Crippen LogP contribution in [0.25, 0.3) is 0 Å². The Kier molecular flexibility index (Phi) is 11.9. The molecule has 0 aliphatic carbocycles. The smallest absolute Gasteiger partial charge is 0.193 e. The molecule has 0 aliphatic rings. The monoisotopic (exact) mass is 435 g/mol. The Labute approximate surface area is 157 Å². The molecule has 0 saturated heterocycles. The molecule has 1 unspecified atom stereocenters. The predicted molar refractivity (Wildman–Crippen MR) is 107 cm³/mol. The second kappa shape index (κ2) is 12.4. The number of rotatable bonds is 8. The Morgan fingerprint density at radius 3 is 2.48 bits per heavy atom. The number of ether oxygens (including phenoxy) is 1. The van der Waals surface area contributed by atoms with Crippen molar-refractivity contribution in [3.05, 3.63) is 29.8 Å². The van der Waals surface area contributed by atoms with Crippen molar-refractivity contribution in [2.24, 2.45) is 10.9 Å². The number of nitrogens with zero attached hydrogens (tertiary/aromatic N) is 2. The van der Waals surface area contributed by atoms with Crippen molar-refractivity contribution < 1.29 is 9.84 Å². The van der Waals surface area contributed by atoms with E-state index in [0.717, 1.165) is 24.8 Å². The van der Waals surface area contributed by atoms with Crippen LogP contribution in [0.2, 0.25) is 0 Å². The summed E-state index contributed by atoms with van der Waals surface area (Å²) < 4.78 is 5.46. The minimum absolute atomic E-state index is 0. The molecule has 1 aromatic carbocycles. The van der Waals surface area contributed by atoms with Crippen molar-refractivity contribution in [2.75, 3.05) is 33.4 Å². The van der Waals surface area contributed by atoms with Gasteiger partial charge in [0.1, 0.15) is 5.75 Å². The molecule has 0 bridgehead atoms. The van der Waals surface area contributed by atoms with Crippen LogP contribution in [0.15, 0.2) is 29.3 Å². The van der Waals surface area contributed by atoms with Crippen LogP contribution < -0.4 is 10.1 Å². The van der Waals surface area contributed by atoms with Crippen molar-refractivity contribution >= 4 is 29.9 Å². The molecule has 0 heterocycles. The Bertz CT molecular complexity index is 452. The lowest BCUT2D eigenvalue weighted by Gasteiger charge is -2.22. The summed E-state index contributed by atoms with van der Waals surface area (Å²) in [6.07, 6.45) is 0. The van der Waals surface area contributed by atoms with E-state index in [-0.39, 0.29) is 36.5 Å². The van der Waals surface area contributed by atoms with Crippen LogP contribution in [0, 0.1) is 5.92 Å². The van der Waals surface area contributed by atoms with Crippen LogP contribution in [0.1, 0.15) is 26.3 Å². The maximum Gasteiger partial charge on any atom is 0.193 e. The SMILES string of the molecule is CCNC(=NCC(C)CO)N(C)Cc1ccc(OCC)cc1.I. The van der Waals surface area contributed by atoms with E-state index in [9.17, 15) is 0 Å². The van der Waals surface area contributed by atoms with E-state index in [4.69, 9.17) is 9.84 Å². The van der Waals surface area contributed by atoms with Gasteiger partial charge in [0.2, 0.25) is 0 Å². The molecule has 2 N–H and O–H groups in total. The Morgan fingerprint density at radius 2 is 1.96 bits per heavy atom. The first-order chi connectivity index (χ1) is 10.6. The van der Waals surface area contributed by atoms with Crippen LogP contribution in [-0.4, -0.2) is 49.3 Å². The normalized spacial score (nSPS) is 12.3. The van der Waals surface area contributed by atoms with Gasteiger partial charge in [-0.1, -0.05) is 19.1 Å². The predicted octanol–water partition coefficient (Wildman–Crippen LogP) is 2.73. The molecule has 0 aliphatic heterocycles. The third kappa shape index (κ3) is 8.41. The Balaban J connectivity index is 0.00000484. The van der Waals surface area contributed by atoms with E-state index in [1.165, 1.54) is 5.56 Å². The zero-order valence-corrected chi connectivity index (χ0v) is 16.9. The third-order valence-corrected chi connectivity index (χ3v) is 3.21. The van der Waals surface area contributed by atoms with E-state index in [1.807, 2.05) is 33.0 Å². The molecule has 1 rings (SSSR count). The van der Waals surface area contributed by atoms with Gasteiger partial charge in [-0.3, -0.25) is 4.99 Å². The third-order valence-electron chi connectivity index (χ3n) is 3.21. The Hall–Kier alpha value is -1.02. The van der Waals surface area contributed by atoms with Gasteiger partial charge in [0.25, 0.3) is 0 Å². The van der Waals surface area contributed by atoms with Crippen LogP contribution in [0.5, 0.6) is 5.75 Å². The fourth-order valence-electron chi connectivity index (χ4n) is 1.98. The van der Waals surface area contributed by atoms with Crippen LogP contribution in [0.3, 0.4) is 0 Å². The van der Waals surface area contributed by atoms with E-state index < -0.39 is 0 Å². The first kappa shape index (κ1) is 22.0. The number of aliphatic hydroxyl groups excluding tert-OH is 1. The molecule has 23 heavy (non-hydrogen) atoms. The number of benzene rings is 1. The average molecular weight is 435 g/mol. The standard InChI is InChI=1S/C17H29N3O2.HI/c1-5-18-17(19-11-14(3)13-21)20(4)12-15-7-9-16(10-8-15)22-6-2;/h7-10,14,21H,5-6,11-13H2,1-4H3,(H,18,19);1H. The molecule has 0 spiro atoms. The fraction of sp³-hybridized carbons (Fsp3) is 0.588. The number of hydrogen-bond acceptors (Lipinski definition) is 3. The quantitative estimate of drug-likeness (QED) is 0.375. The lowest BCUT2D eigenvalue weighted by Crippen LogP contribution is -2.38. The first-order valence-electron chi connectivity index (χ1n) is 7.92. The molecule has 6 heteroatoms. The molecule has 0 radical (unpaired) electrons. The van der Waals surface area contributed by atoms with E-state index in [0.29, 0.717) is 13.2 Å². The molecular formula is C17H30IN3O2. The lowest BCUT2D eigenvalue weighted by atomic mass is 10.2. The number of halogens is 1. The summed E-state index contributed by atoms with van der Waals surface area (Å²) in [6.45, 7) is 9.06. The molecule has 0 fully saturated rings. The van der Waals surface area contributed by atoms with Crippen LogP contribution in [0.4, 0.5) is 0 Å². The molecule has 0 saturated carbocycles. The van der Waals surface area contributed by atoms with Gasteiger partial charge in [-0.15, -0.1) is 24.0 Å². The molecular weight excluding hydrogens is 405 g/mol. The summed E-state index contributed by atoms with van der Waals surface area (Å²) in [5.41, 5.74) is 1.20. The summed E-state index contributed by atoms with van der Waals surface area (Å²) in [6, 6.07) is 8.12. The van der Waals surface area contributed by atoms with Gasteiger partial charge in [0.15, 0.2) is 5.96 Å². The minimum atomic E-state index is 0. The second-order valence-electron chi connectivity index (χ2n) is 5.42. The van der Waals surface area contributed by atoms with Crippen molar-refractivity contribution in [3.63, 3.8) is 0 Å². The number of aliphatic hydroxyl groups is 1.